The summed E-state index contributed by atoms with van der Waals surface area (Å²) in [6.07, 6.45) is 0. The number of nitrogens with zero attached hydrogens (tertiary/aromatic N) is 1. The molecule has 19 heavy (non-hydrogen) atoms. The molecule has 0 spiro atoms. The van der Waals surface area contributed by atoms with Crippen LogP contribution in [0.2, 0.25) is 0 Å². The second-order valence-electron chi connectivity index (χ2n) is 4.61. The minimum Gasteiger partial charge on any atom is -0.496 e. The van der Waals surface area contributed by atoms with Crippen LogP contribution in [0.3, 0.4) is 0 Å². The van der Waals surface area contributed by atoms with Crippen LogP contribution < -0.4 is 15.8 Å². The average molecular weight is 263 g/mol. The number of amides is 3. The van der Waals surface area contributed by atoms with Gasteiger partial charge in [0.15, 0.2) is 5.54 Å². The first-order chi connectivity index (χ1) is 8.96. The summed E-state index contributed by atoms with van der Waals surface area (Å²) in [4.78, 5) is 25.1. The lowest BCUT2D eigenvalue weighted by atomic mass is 9.88. The smallest absolute Gasteiger partial charge is 0.325 e. The fourth-order valence-corrected chi connectivity index (χ4v) is 2.28. The predicted octanol–water partition coefficient (Wildman–Crippen LogP) is 0.339. The quantitative estimate of drug-likeness (QED) is 0.770. The van der Waals surface area contributed by atoms with E-state index >= 15 is 0 Å². The van der Waals surface area contributed by atoms with Gasteiger partial charge in [0.25, 0.3) is 5.91 Å². The Morgan fingerprint density at radius 3 is 2.58 bits per heavy atom. The van der Waals surface area contributed by atoms with Crippen molar-refractivity contribution in [3.8, 4) is 5.75 Å². The van der Waals surface area contributed by atoms with Crippen molar-refractivity contribution in [3.63, 3.8) is 0 Å². The minimum absolute atomic E-state index is 0.0261. The Balaban J connectivity index is 2.63. The number of urea groups is 1. The van der Waals surface area contributed by atoms with E-state index in [1.165, 1.54) is 14.2 Å². The van der Waals surface area contributed by atoms with Crippen LogP contribution in [0, 0.1) is 6.92 Å². The SMILES string of the molecule is COc1ccc(C)cc1C1(CN)NC(=O)N(C)C1=O. The first kappa shape index (κ1) is 13.4. The molecule has 1 aromatic rings. The van der Waals surface area contributed by atoms with Crippen molar-refractivity contribution >= 4 is 11.9 Å². The van der Waals surface area contributed by atoms with E-state index in [2.05, 4.69) is 5.32 Å². The molecule has 2 rings (SSSR count). The summed E-state index contributed by atoms with van der Waals surface area (Å²) in [6, 6.07) is 4.99. The van der Waals surface area contributed by atoms with Gasteiger partial charge in [-0.15, -0.1) is 0 Å². The zero-order valence-corrected chi connectivity index (χ0v) is 11.2. The molecule has 6 heteroatoms. The lowest BCUT2D eigenvalue weighted by molar-refractivity contribution is -0.130. The third kappa shape index (κ3) is 1.84. The zero-order chi connectivity index (χ0) is 14.2. The van der Waals surface area contributed by atoms with Gasteiger partial charge in [0, 0.05) is 19.2 Å². The Hall–Kier alpha value is -2.08. The van der Waals surface area contributed by atoms with Crippen LogP contribution in [0.25, 0.3) is 0 Å². The second-order valence-corrected chi connectivity index (χ2v) is 4.61. The van der Waals surface area contributed by atoms with Gasteiger partial charge >= 0.3 is 6.03 Å². The van der Waals surface area contributed by atoms with Crippen molar-refractivity contribution in [2.45, 2.75) is 12.5 Å². The molecule has 1 unspecified atom stereocenters. The molecule has 1 aliphatic heterocycles. The first-order valence-electron chi connectivity index (χ1n) is 5.91. The zero-order valence-electron chi connectivity index (χ0n) is 11.2. The van der Waals surface area contributed by atoms with Crippen LogP contribution in [0.5, 0.6) is 5.75 Å². The number of aryl methyl sites for hydroxylation is 1. The fourth-order valence-electron chi connectivity index (χ4n) is 2.28. The van der Waals surface area contributed by atoms with Crippen molar-refractivity contribution in [1.82, 2.24) is 10.2 Å². The third-order valence-electron chi connectivity index (χ3n) is 3.42. The molecule has 1 aliphatic rings. The van der Waals surface area contributed by atoms with Crippen molar-refractivity contribution in [2.75, 3.05) is 20.7 Å². The lowest BCUT2D eigenvalue weighted by Gasteiger charge is -2.27. The summed E-state index contributed by atoms with van der Waals surface area (Å²) in [5, 5.41) is 2.67. The predicted molar refractivity (Wildman–Crippen MR) is 69.8 cm³/mol. The molecule has 0 bridgehead atoms. The average Bonchev–Trinajstić information content (AvgIpc) is 2.63. The maximum atomic E-state index is 12.4. The summed E-state index contributed by atoms with van der Waals surface area (Å²) >= 11 is 0. The normalized spacial score (nSPS) is 22.6. The number of benzene rings is 1. The summed E-state index contributed by atoms with van der Waals surface area (Å²) in [7, 11) is 2.95. The highest BCUT2D eigenvalue weighted by Gasteiger charge is 2.51. The van der Waals surface area contributed by atoms with E-state index in [4.69, 9.17) is 10.5 Å². The highest BCUT2D eigenvalue weighted by atomic mass is 16.5. The van der Waals surface area contributed by atoms with Crippen LogP contribution in [-0.4, -0.2) is 37.5 Å². The molecular weight excluding hydrogens is 246 g/mol. The molecule has 1 saturated heterocycles. The van der Waals surface area contributed by atoms with Crippen LogP contribution in [0.1, 0.15) is 11.1 Å². The van der Waals surface area contributed by atoms with Gasteiger partial charge in [0.05, 0.1) is 7.11 Å². The number of nitrogens with two attached hydrogens (primary N) is 1. The van der Waals surface area contributed by atoms with Crippen LogP contribution in [0.15, 0.2) is 18.2 Å². The molecule has 1 fully saturated rings. The minimum atomic E-state index is -1.25. The highest BCUT2D eigenvalue weighted by molar-refractivity contribution is 6.07. The van der Waals surface area contributed by atoms with E-state index < -0.39 is 11.6 Å². The number of hydrogen-bond donors (Lipinski definition) is 2. The largest absolute Gasteiger partial charge is 0.496 e. The molecule has 3 N–H and O–H groups in total. The van der Waals surface area contributed by atoms with Gasteiger partial charge in [-0.1, -0.05) is 11.6 Å². The molecule has 3 amide bonds. The Morgan fingerprint density at radius 2 is 2.11 bits per heavy atom. The summed E-state index contributed by atoms with van der Waals surface area (Å²) in [5.41, 5.74) is 6.07. The Labute approximate surface area is 111 Å². The molecule has 0 saturated carbocycles. The monoisotopic (exact) mass is 263 g/mol. The van der Waals surface area contributed by atoms with E-state index in [1.54, 1.807) is 6.07 Å². The third-order valence-corrected chi connectivity index (χ3v) is 3.42. The standard InChI is InChI=1S/C13H17N3O3/c1-8-4-5-10(19-3)9(6-8)13(7-14)11(17)16(2)12(18)15-13/h4-6H,7,14H2,1-3H3,(H,15,18). The van der Waals surface area contributed by atoms with Gasteiger partial charge in [-0.3, -0.25) is 9.69 Å². The van der Waals surface area contributed by atoms with Crippen LogP contribution >= 0.6 is 0 Å². The number of carbonyl (C=O) groups is 2. The molecule has 6 nitrogen and oxygen atoms in total. The van der Waals surface area contributed by atoms with E-state index in [1.807, 2.05) is 19.1 Å². The number of likely N-dealkylation sites (N-methyl/N-ethyl adjacent to an activating group) is 1. The Bertz CT molecular complexity index is 544. The van der Waals surface area contributed by atoms with Gasteiger partial charge < -0.3 is 15.8 Å². The summed E-state index contributed by atoms with van der Waals surface area (Å²) in [6.45, 7) is 1.87. The van der Waals surface area contributed by atoms with Crippen LogP contribution in [-0.2, 0) is 10.3 Å². The van der Waals surface area contributed by atoms with Gasteiger partial charge in [0.1, 0.15) is 5.75 Å². The van der Waals surface area contributed by atoms with Gasteiger partial charge in [-0.2, -0.15) is 0 Å². The molecule has 1 atom stereocenters. The highest BCUT2D eigenvalue weighted by Crippen LogP contribution is 2.34. The topological polar surface area (TPSA) is 84.7 Å². The number of carbonyl (C=O) groups excluding carboxylic acids is 2. The van der Waals surface area contributed by atoms with Crippen molar-refractivity contribution in [2.24, 2.45) is 5.73 Å². The van der Waals surface area contributed by atoms with Crippen molar-refractivity contribution in [1.29, 1.82) is 0 Å². The molecule has 1 heterocycles. The van der Waals surface area contributed by atoms with Crippen molar-refractivity contribution in [3.05, 3.63) is 29.3 Å². The molecule has 1 aromatic carbocycles. The lowest BCUT2D eigenvalue weighted by Crippen LogP contribution is -2.50. The fraction of sp³-hybridized carbons (Fsp3) is 0.385. The molecule has 0 aliphatic carbocycles. The molecular formula is C13H17N3O3. The number of imide groups is 1. The number of nitrogens with one attached hydrogen (secondary N) is 1. The number of ether oxygens (including phenoxy) is 1. The van der Waals surface area contributed by atoms with Crippen molar-refractivity contribution < 1.29 is 14.3 Å². The molecule has 0 aromatic heterocycles. The number of rotatable bonds is 3. The number of methoxy groups -OCH3 is 1. The van der Waals surface area contributed by atoms with E-state index in [0.29, 0.717) is 11.3 Å². The summed E-state index contributed by atoms with van der Waals surface area (Å²) < 4.78 is 5.28. The maximum absolute atomic E-state index is 12.4. The molecule has 0 radical (unpaired) electrons. The second kappa shape index (κ2) is 4.55. The number of hydrogen-bond acceptors (Lipinski definition) is 4. The van der Waals surface area contributed by atoms with Gasteiger partial charge in [-0.25, -0.2) is 4.79 Å². The van der Waals surface area contributed by atoms with E-state index in [0.717, 1.165) is 10.5 Å². The molecule has 102 valence electrons. The maximum Gasteiger partial charge on any atom is 0.325 e. The van der Waals surface area contributed by atoms with E-state index in [9.17, 15) is 9.59 Å². The summed E-state index contributed by atoms with van der Waals surface area (Å²) in [5.74, 6) is 0.156. The Morgan fingerprint density at radius 1 is 1.42 bits per heavy atom. The van der Waals surface area contributed by atoms with Gasteiger partial charge in [0.2, 0.25) is 0 Å². The van der Waals surface area contributed by atoms with E-state index in [-0.39, 0.29) is 12.5 Å². The first-order valence-corrected chi connectivity index (χ1v) is 5.91. The van der Waals surface area contributed by atoms with Crippen LogP contribution in [0.4, 0.5) is 4.79 Å². The Kier molecular flexibility index (Phi) is 3.20. The van der Waals surface area contributed by atoms with Gasteiger partial charge in [-0.05, 0) is 19.1 Å².